The van der Waals surface area contributed by atoms with Crippen molar-refractivity contribution < 1.29 is 14.5 Å². The predicted octanol–water partition coefficient (Wildman–Crippen LogP) is 3.79. The molecule has 4 aromatic rings. The SMILES string of the molecule is COc1ccc([C@H]2C(C(=O)Nc3ccccc3)=C(C)N=c3s/c(=C/c4cccc([N+](=O)[O-])c4)c(=O)n32)cc1. The number of non-ortho nitro benzene ring substituents is 1. The summed E-state index contributed by atoms with van der Waals surface area (Å²) >= 11 is 1.17. The van der Waals surface area contributed by atoms with Crippen LogP contribution in [-0.4, -0.2) is 22.5 Å². The van der Waals surface area contributed by atoms with E-state index >= 15 is 0 Å². The quantitative estimate of drug-likeness (QED) is 0.303. The van der Waals surface area contributed by atoms with Crippen molar-refractivity contribution in [3.63, 3.8) is 0 Å². The number of hydrogen-bond acceptors (Lipinski definition) is 7. The maximum absolute atomic E-state index is 13.7. The van der Waals surface area contributed by atoms with Gasteiger partial charge in [0.1, 0.15) is 5.75 Å². The Balaban J connectivity index is 1.67. The van der Waals surface area contributed by atoms with Gasteiger partial charge in [0.15, 0.2) is 4.80 Å². The second-order valence-corrected chi connectivity index (χ2v) is 9.54. The summed E-state index contributed by atoms with van der Waals surface area (Å²) in [7, 11) is 1.56. The Kier molecular flexibility index (Phi) is 6.71. The molecule has 0 unspecified atom stereocenters. The van der Waals surface area contributed by atoms with Crippen molar-refractivity contribution >= 4 is 34.7 Å². The highest BCUT2D eigenvalue weighted by Gasteiger charge is 2.32. The maximum atomic E-state index is 13.7. The first-order valence-electron chi connectivity index (χ1n) is 11.6. The number of ether oxygens (including phenoxy) is 1. The van der Waals surface area contributed by atoms with Crippen molar-refractivity contribution in [2.24, 2.45) is 4.99 Å². The zero-order chi connectivity index (χ0) is 26.8. The van der Waals surface area contributed by atoms with Crippen molar-refractivity contribution in [3.05, 3.63) is 131 Å². The van der Waals surface area contributed by atoms with E-state index in [-0.39, 0.29) is 17.2 Å². The number of aromatic nitrogens is 1. The number of para-hydroxylation sites is 1. The Morgan fingerprint density at radius 3 is 2.53 bits per heavy atom. The van der Waals surface area contributed by atoms with Crippen LogP contribution in [0.15, 0.2) is 99.9 Å². The third-order valence-corrected chi connectivity index (χ3v) is 7.09. The average Bonchev–Trinajstić information content (AvgIpc) is 3.22. The van der Waals surface area contributed by atoms with E-state index in [4.69, 9.17) is 4.74 Å². The Bertz CT molecular complexity index is 1760. The van der Waals surface area contributed by atoms with Gasteiger partial charge in [-0.15, -0.1) is 0 Å². The molecule has 1 amide bonds. The number of rotatable bonds is 6. The molecule has 5 rings (SSSR count). The number of amides is 1. The summed E-state index contributed by atoms with van der Waals surface area (Å²) in [4.78, 5) is 43.1. The summed E-state index contributed by atoms with van der Waals surface area (Å²) in [6.45, 7) is 1.74. The first-order valence-corrected chi connectivity index (χ1v) is 12.4. The summed E-state index contributed by atoms with van der Waals surface area (Å²) in [6.07, 6.45) is 1.60. The molecule has 3 aromatic carbocycles. The molecule has 0 aliphatic carbocycles. The van der Waals surface area contributed by atoms with Gasteiger partial charge in [-0.3, -0.25) is 24.3 Å². The van der Waals surface area contributed by atoms with E-state index in [1.807, 2.05) is 30.3 Å². The Hall–Kier alpha value is -4.83. The number of nitro benzene ring substituents is 1. The minimum atomic E-state index is -0.742. The first-order chi connectivity index (χ1) is 18.4. The van der Waals surface area contributed by atoms with Gasteiger partial charge in [-0.25, -0.2) is 4.99 Å². The molecule has 9 nitrogen and oxygen atoms in total. The molecule has 1 aliphatic heterocycles. The number of nitrogens with one attached hydrogen (secondary N) is 1. The number of methoxy groups -OCH3 is 1. The number of carbonyl (C=O) groups excluding carboxylic acids is 1. The number of allylic oxidation sites excluding steroid dienone is 1. The molecule has 1 N–H and O–H groups in total. The molecule has 1 atom stereocenters. The van der Waals surface area contributed by atoms with Gasteiger partial charge in [-0.2, -0.15) is 0 Å². The predicted molar refractivity (Wildman–Crippen MR) is 145 cm³/mol. The summed E-state index contributed by atoms with van der Waals surface area (Å²) < 4.78 is 7.14. The van der Waals surface area contributed by atoms with E-state index in [0.717, 1.165) is 0 Å². The van der Waals surface area contributed by atoms with Gasteiger partial charge in [0, 0.05) is 17.8 Å². The second-order valence-electron chi connectivity index (χ2n) is 8.53. The molecule has 0 spiro atoms. The smallest absolute Gasteiger partial charge is 0.271 e. The van der Waals surface area contributed by atoms with Crippen molar-refractivity contribution in [3.8, 4) is 5.75 Å². The number of nitrogens with zero attached hydrogens (tertiary/aromatic N) is 3. The van der Waals surface area contributed by atoms with Crippen LogP contribution in [-0.2, 0) is 4.79 Å². The van der Waals surface area contributed by atoms with Crippen LogP contribution in [0.4, 0.5) is 11.4 Å². The lowest BCUT2D eigenvalue weighted by molar-refractivity contribution is -0.384. The topological polar surface area (TPSA) is 116 Å². The fourth-order valence-corrected chi connectivity index (χ4v) is 5.36. The number of thiazole rings is 1. The third-order valence-electron chi connectivity index (χ3n) is 6.11. The number of benzene rings is 3. The first kappa shape index (κ1) is 24.8. The van der Waals surface area contributed by atoms with Crippen LogP contribution >= 0.6 is 11.3 Å². The average molecular weight is 527 g/mol. The molecule has 38 heavy (non-hydrogen) atoms. The lowest BCUT2D eigenvalue weighted by atomic mass is 9.95. The van der Waals surface area contributed by atoms with E-state index in [2.05, 4.69) is 10.3 Å². The van der Waals surface area contributed by atoms with Crippen molar-refractivity contribution in [2.75, 3.05) is 12.4 Å². The van der Waals surface area contributed by atoms with Gasteiger partial charge in [-0.1, -0.05) is 53.8 Å². The van der Waals surface area contributed by atoms with Gasteiger partial charge in [-0.05, 0) is 48.4 Å². The van der Waals surface area contributed by atoms with E-state index in [1.165, 1.54) is 28.0 Å². The van der Waals surface area contributed by atoms with Crippen LogP contribution in [0.3, 0.4) is 0 Å². The number of hydrogen-bond donors (Lipinski definition) is 1. The molecule has 0 radical (unpaired) electrons. The third kappa shape index (κ3) is 4.76. The van der Waals surface area contributed by atoms with Crippen LogP contribution in [0, 0.1) is 10.1 Å². The summed E-state index contributed by atoms with van der Waals surface area (Å²) in [5.74, 6) is 0.272. The second kappa shape index (κ2) is 10.3. The number of anilines is 1. The van der Waals surface area contributed by atoms with E-state index < -0.39 is 11.0 Å². The molecule has 2 heterocycles. The molecular formula is C28H22N4O5S. The molecule has 10 heteroatoms. The van der Waals surface area contributed by atoms with Gasteiger partial charge in [0.05, 0.1) is 33.9 Å². The van der Waals surface area contributed by atoms with Gasteiger partial charge < -0.3 is 10.1 Å². The Morgan fingerprint density at radius 1 is 1.11 bits per heavy atom. The Labute approximate surface area is 220 Å². The van der Waals surface area contributed by atoms with Crippen LogP contribution in [0.25, 0.3) is 6.08 Å². The highest BCUT2D eigenvalue weighted by Crippen LogP contribution is 2.31. The minimum Gasteiger partial charge on any atom is -0.497 e. The van der Waals surface area contributed by atoms with Crippen molar-refractivity contribution in [2.45, 2.75) is 13.0 Å². The molecule has 0 saturated heterocycles. The summed E-state index contributed by atoms with van der Waals surface area (Å²) in [6, 6.07) is 21.6. The molecular weight excluding hydrogens is 504 g/mol. The monoisotopic (exact) mass is 526 g/mol. The Morgan fingerprint density at radius 2 is 1.84 bits per heavy atom. The largest absolute Gasteiger partial charge is 0.497 e. The molecule has 0 bridgehead atoms. The van der Waals surface area contributed by atoms with Crippen LogP contribution in [0.1, 0.15) is 24.1 Å². The van der Waals surface area contributed by atoms with Crippen LogP contribution in [0.5, 0.6) is 5.75 Å². The highest BCUT2D eigenvalue weighted by molar-refractivity contribution is 7.07. The van der Waals surface area contributed by atoms with E-state index in [1.54, 1.807) is 56.5 Å². The number of fused-ring (bicyclic) bond motifs is 1. The lowest BCUT2D eigenvalue weighted by Crippen LogP contribution is -2.40. The normalized spacial score (nSPS) is 15.0. The van der Waals surface area contributed by atoms with Gasteiger partial charge in [0.2, 0.25) is 0 Å². The van der Waals surface area contributed by atoms with Crippen molar-refractivity contribution in [1.29, 1.82) is 0 Å². The maximum Gasteiger partial charge on any atom is 0.271 e. The van der Waals surface area contributed by atoms with Gasteiger partial charge >= 0.3 is 0 Å². The zero-order valence-corrected chi connectivity index (χ0v) is 21.3. The van der Waals surface area contributed by atoms with Crippen LogP contribution < -0.4 is 24.9 Å². The fourth-order valence-electron chi connectivity index (χ4n) is 4.31. The molecule has 1 aliphatic rings. The van der Waals surface area contributed by atoms with Crippen molar-refractivity contribution in [1.82, 2.24) is 4.57 Å². The van der Waals surface area contributed by atoms with Crippen LogP contribution in [0.2, 0.25) is 0 Å². The molecule has 0 saturated carbocycles. The molecule has 190 valence electrons. The summed E-state index contributed by atoms with van der Waals surface area (Å²) in [5.41, 5.74) is 2.26. The van der Waals surface area contributed by atoms with E-state index in [9.17, 15) is 19.7 Å². The number of nitro groups is 1. The minimum absolute atomic E-state index is 0.0710. The van der Waals surface area contributed by atoms with Gasteiger partial charge in [0.25, 0.3) is 17.2 Å². The fraction of sp³-hybridized carbons (Fsp3) is 0.107. The number of carbonyl (C=O) groups is 1. The molecule has 0 fully saturated rings. The lowest BCUT2D eigenvalue weighted by Gasteiger charge is -2.25. The zero-order valence-electron chi connectivity index (χ0n) is 20.5. The highest BCUT2D eigenvalue weighted by atomic mass is 32.1. The standard InChI is InChI=1S/C28H22N4O5S/c1-17-24(26(33)30-20-8-4-3-5-9-20)25(19-11-13-22(37-2)14-12-19)31-27(34)23(38-28(31)29-17)16-18-7-6-10-21(15-18)32(35)36/h3-16,25H,1-2H3,(H,30,33)/b23-16+/t25-/m0/s1. The van der Waals surface area contributed by atoms with E-state index in [0.29, 0.717) is 43.2 Å². The summed E-state index contributed by atoms with van der Waals surface area (Å²) in [5, 5.41) is 14.1. The molecule has 1 aromatic heterocycles.